The zero-order valence-corrected chi connectivity index (χ0v) is 15.5. The first-order valence-corrected chi connectivity index (χ1v) is 9.63. The van der Waals surface area contributed by atoms with Gasteiger partial charge in [-0.15, -0.1) is 0 Å². The number of amidine groups is 1. The molecule has 4 heterocycles. The highest BCUT2D eigenvalue weighted by Crippen LogP contribution is 2.49. The molecule has 1 fully saturated rings. The lowest BCUT2D eigenvalue weighted by Gasteiger charge is -2.31. The Labute approximate surface area is 148 Å². The van der Waals surface area contributed by atoms with Gasteiger partial charge in [0, 0.05) is 36.4 Å². The molecular formula is C19H24N4S. The largest absolute Gasteiger partial charge is 0.352 e. The van der Waals surface area contributed by atoms with Crippen LogP contribution >= 0.6 is 11.8 Å². The minimum atomic E-state index is 0.0866. The van der Waals surface area contributed by atoms with Gasteiger partial charge in [0.2, 0.25) is 0 Å². The van der Waals surface area contributed by atoms with Gasteiger partial charge in [0.05, 0.1) is 11.7 Å². The van der Waals surface area contributed by atoms with E-state index in [9.17, 15) is 0 Å². The molecule has 2 aromatic rings. The van der Waals surface area contributed by atoms with Crippen molar-refractivity contribution in [3.8, 4) is 0 Å². The third kappa shape index (κ3) is 2.29. The quantitative estimate of drug-likeness (QED) is 0.846. The first-order valence-electron chi connectivity index (χ1n) is 8.64. The van der Waals surface area contributed by atoms with Crippen molar-refractivity contribution >= 4 is 16.9 Å². The van der Waals surface area contributed by atoms with Gasteiger partial charge in [-0.3, -0.25) is 9.98 Å². The van der Waals surface area contributed by atoms with Gasteiger partial charge in [-0.05, 0) is 44.0 Å². The van der Waals surface area contributed by atoms with E-state index in [0.717, 1.165) is 17.9 Å². The molecule has 0 amide bonds. The van der Waals surface area contributed by atoms with E-state index in [1.807, 2.05) is 24.0 Å². The van der Waals surface area contributed by atoms with Crippen molar-refractivity contribution in [3.63, 3.8) is 0 Å². The molecule has 0 aromatic carbocycles. The van der Waals surface area contributed by atoms with Crippen molar-refractivity contribution in [2.75, 3.05) is 5.75 Å². The summed E-state index contributed by atoms with van der Waals surface area (Å²) >= 11 is 1.90. The molecule has 2 aliphatic heterocycles. The molecule has 0 unspecified atom stereocenters. The average Bonchev–Trinajstić information content (AvgIpc) is 3.24. The number of thioether (sulfide) groups is 1. The highest BCUT2D eigenvalue weighted by atomic mass is 32.2. The second kappa shape index (κ2) is 5.96. The van der Waals surface area contributed by atoms with E-state index in [-0.39, 0.29) is 12.1 Å². The second-order valence-corrected chi connectivity index (χ2v) is 7.71. The minimum Gasteiger partial charge on any atom is -0.352 e. The van der Waals surface area contributed by atoms with Crippen molar-refractivity contribution in [2.45, 2.75) is 45.3 Å². The van der Waals surface area contributed by atoms with E-state index in [1.165, 1.54) is 22.1 Å². The first kappa shape index (κ1) is 15.8. The second-order valence-electron chi connectivity index (χ2n) is 6.72. The summed E-state index contributed by atoms with van der Waals surface area (Å²) in [5.41, 5.74) is 5.10. The van der Waals surface area contributed by atoms with Crippen LogP contribution in [-0.4, -0.2) is 31.4 Å². The van der Waals surface area contributed by atoms with Gasteiger partial charge >= 0.3 is 0 Å². The molecule has 0 bridgehead atoms. The summed E-state index contributed by atoms with van der Waals surface area (Å²) in [6.07, 6.45) is 3.03. The smallest absolute Gasteiger partial charge is 0.160 e. The Kier molecular flexibility index (Phi) is 3.91. The summed E-state index contributed by atoms with van der Waals surface area (Å²) < 4.78 is 2.28. The Hall–Kier alpha value is -1.75. The topological polar surface area (TPSA) is 33.4 Å². The van der Waals surface area contributed by atoms with Crippen LogP contribution in [-0.2, 0) is 7.05 Å². The van der Waals surface area contributed by atoms with Gasteiger partial charge in [0.25, 0.3) is 0 Å². The number of aryl methyl sites for hydroxylation is 1. The van der Waals surface area contributed by atoms with Gasteiger partial charge in [-0.1, -0.05) is 24.8 Å². The fraction of sp³-hybridized carbons (Fsp3) is 0.474. The molecule has 0 radical (unpaired) electrons. The lowest BCUT2D eigenvalue weighted by atomic mass is 9.95. The number of nitrogens with zero attached hydrogens (tertiary/aromatic N) is 4. The molecule has 4 rings (SSSR count). The predicted octanol–water partition coefficient (Wildman–Crippen LogP) is 4.02. The monoisotopic (exact) mass is 340 g/mol. The molecule has 4 nitrogen and oxygen atoms in total. The Bertz CT molecular complexity index is 780. The molecular weight excluding hydrogens is 316 g/mol. The molecule has 5 heteroatoms. The normalized spacial score (nSPS) is 25.9. The molecule has 0 saturated carbocycles. The summed E-state index contributed by atoms with van der Waals surface area (Å²) in [6.45, 7) is 6.68. The van der Waals surface area contributed by atoms with Gasteiger partial charge in [-0.25, -0.2) is 0 Å². The summed E-state index contributed by atoms with van der Waals surface area (Å²) in [5.74, 6) is 1.14. The maximum absolute atomic E-state index is 5.09. The lowest BCUT2D eigenvalue weighted by molar-refractivity contribution is 0.254. The van der Waals surface area contributed by atoms with Gasteiger partial charge in [0.1, 0.15) is 6.04 Å². The van der Waals surface area contributed by atoms with E-state index in [2.05, 4.69) is 60.5 Å². The van der Waals surface area contributed by atoms with Crippen molar-refractivity contribution in [1.29, 1.82) is 0 Å². The fourth-order valence-corrected chi connectivity index (χ4v) is 5.21. The van der Waals surface area contributed by atoms with Crippen LogP contribution in [0.5, 0.6) is 0 Å². The van der Waals surface area contributed by atoms with Crippen molar-refractivity contribution < 1.29 is 0 Å². The Balaban J connectivity index is 1.84. The van der Waals surface area contributed by atoms with Crippen LogP contribution in [0.2, 0.25) is 0 Å². The highest BCUT2D eigenvalue weighted by Gasteiger charge is 2.46. The third-order valence-electron chi connectivity index (χ3n) is 5.46. The molecule has 2 aromatic heterocycles. The number of pyridine rings is 1. The number of aliphatic imine (C=N–C) groups is 1. The van der Waals surface area contributed by atoms with E-state index in [1.54, 1.807) is 0 Å². The first-order chi connectivity index (χ1) is 11.6. The van der Waals surface area contributed by atoms with Crippen LogP contribution in [0.15, 0.2) is 35.5 Å². The number of aromatic nitrogens is 2. The Morgan fingerprint density at radius 1 is 1.29 bits per heavy atom. The maximum Gasteiger partial charge on any atom is 0.160 e. The van der Waals surface area contributed by atoms with Crippen LogP contribution in [0.1, 0.15) is 48.1 Å². The van der Waals surface area contributed by atoms with Crippen LogP contribution in [0.4, 0.5) is 0 Å². The molecule has 1 saturated heterocycles. The van der Waals surface area contributed by atoms with Gasteiger partial charge in [-0.2, -0.15) is 0 Å². The van der Waals surface area contributed by atoms with Crippen molar-refractivity contribution in [1.82, 2.24) is 14.5 Å². The van der Waals surface area contributed by atoms with E-state index in [0.29, 0.717) is 6.04 Å². The minimum absolute atomic E-state index is 0.0866. The molecule has 3 atom stereocenters. The van der Waals surface area contributed by atoms with Crippen LogP contribution in [0.25, 0.3) is 0 Å². The molecule has 0 spiro atoms. The van der Waals surface area contributed by atoms with Crippen LogP contribution in [0, 0.1) is 13.8 Å². The number of hydrogen-bond acceptors (Lipinski definition) is 4. The SMILES string of the molecule is CC[C@@H]1CSC2=N[C@H](c3ccccn3)[C@@H](c3cc(C)n(C)c3C)N21. The lowest BCUT2D eigenvalue weighted by Crippen LogP contribution is -2.35. The van der Waals surface area contributed by atoms with Crippen molar-refractivity contribution in [3.05, 3.63) is 53.1 Å². The number of fused-ring (bicyclic) bond motifs is 1. The van der Waals surface area contributed by atoms with E-state index >= 15 is 0 Å². The number of rotatable bonds is 3. The summed E-state index contributed by atoms with van der Waals surface area (Å²) in [6, 6.07) is 9.40. The Morgan fingerprint density at radius 3 is 2.75 bits per heavy atom. The average molecular weight is 340 g/mol. The fourth-order valence-electron chi connectivity index (χ4n) is 3.87. The summed E-state index contributed by atoms with van der Waals surface area (Å²) in [7, 11) is 2.15. The maximum atomic E-state index is 5.09. The zero-order valence-electron chi connectivity index (χ0n) is 14.7. The summed E-state index contributed by atoms with van der Waals surface area (Å²) in [4.78, 5) is 12.3. The summed E-state index contributed by atoms with van der Waals surface area (Å²) in [5, 5.41) is 1.20. The van der Waals surface area contributed by atoms with Gasteiger partial charge < -0.3 is 9.47 Å². The van der Waals surface area contributed by atoms with Crippen LogP contribution < -0.4 is 0 Å². The highest BCUT2D eigenvalue weighted by molar-refractivity contribution is 8.14. The number of hydrogen-bond donors (Lipinski definition) is 0. The zero-order chi connectivity index (χ0) is 16.8. The van der Waals surface area contributed by atoms with E-state index < -0.39 is 0 Å². The van der Waals surface area contributed by atoms with Gasteiger partial charge in [0.15, 0.2) is 5.17 Å². The standard InChI is InChI=1S/C19H24N4S/c1-5-14-11-24-19-21-17(16-8-6-7-9-20-16)18(23(14)19)15-10-12(2)22(4)13(15)3/h6-10,14,17-18H,5,11H2,1-4H3/t14-,17-,18-/m1/s1. The molecule has 2 aliphatic rings. The van der Waals surface area contributed by atoms with E-state index in [4.69, 9.17) is 4.99 Å². The molecule has 24 heavy (non-hydrogen) atoms. The Morgan fingerprint density at radius 2 is 2.12 bits per heavy atom. The molecule has 0 aliphatic carbocycles. The third-order valence-corrected chi connectivity index (χ3v) is 6.59. The van der Waals surface area contributed by atoms with Crippen molar-refractivity contribution in [2.24, 2.45) is 12.0 Å². The van der Waals surface area contributed by atoms with Crippen LogP contribution in [0.3, 0.4) is 0 Å². The predicted molar refractivity (Wildman–Crippen MR) is 100 cm³/mol. The molecule has 0 N–H and O–H groups in total. The molecule has 126 valence electrons.